The van der Waals surface area contributed by atoms with Gasteiger partial charge in [-0.25, -0.2) is 0 Å². The monoisotopic (exact) mass is 403 g/mol. The highest BCUT2D eigenvalue weighted by atomic mass is 32.1. The number of nitro groups is 1. The van der Waals surface area contributed by atoms with Gasteiger partial charge in [-0.1, -0.05) is 6.07 Å². The zero-order chi connectivity index (χ0) is 20.3. The second-order valence-electron chi connectivity index (χ2n) is 6.28. The molecule has 1 heterocycles. The molecule has 0 atom stereocenters. The third-order valence-electron chi connectivity index (χ3n) is 4.23. The van der Waals surface area contributed by atoms with E-state index in [0.29, 0.717) is 42.4 Å². The number of oxazole rings is 1. The summed E-state index contributed by atoms with van der Waals surface area (Å²) in [6.45, 7) is 3.61. The van der Waals surface area contributed by atoms with Crippen molar-refractivity contribution in [3.8, 4) is 11.5 Å². The molecule has 0 N–H and O–H groups in total. The van der Waals surface area contributed by atoms with Crippen LogP contribution >= 0.6 is 12.2 Å². The third kappa shape index (κ3) is 4.15. The summed E-state index contributed by atoms with van der Waals surface area (Å²) in [6.07, 6.45) is 0. The molecule has 0 unspecified atom stereocenters. The fraction of sp³-hybridized carbons (Fsp3) is 0.316. The Morgan fingerprint density at radius 3 is 2.71 bits per heavy atom. The summed E-state index contributed by atoms with van der Waals surface area (Å²) in [5, 5.41) is 10.9. The zero-order valence-electron chi connectivity index (χ0n) is 15.9. The first-order valence-corrected chi connectivity index (χ1v) is 9.09. The van der Waals surface area contributed by atoms with E-state index in [9.17, 15) is 10.1 Å². The summed E-state index contributed by atoms with van der Waals surface area (Å²) in [6, 6.07) is 10.3. The van der Waals surface area contributed by atoms with Crippen LogP contribution in [-0.4, -0.2) is 35.2 Å². The van der Waals surface area contributed by atoms with Gasteiger partial charge in [-0.15, -0.1) is 0 Å². The van der Waals surface area contributed by atoms with Crippen molar-refractivity contribution in [1.29, 1.82) is 0 Å². The standard InChI is InChI=1S/C19H21N3O5S/c1-4-26-16-8-5-13(9-18(16)25-3)11-20(2)12-21-15-7-6-14(22(23)24)10-17(15)27-19(21)28/h5-10H,4,11-12H2,1-3H3. The Hall–Kier alpha value is -2.91. The first-order chi connectivity index (χ1) is 13.4. The summed E-state index contributed by atoms with van der Waals surface area (Å²) >= 11 is 5.29. The molecule has 8 nitrogen and oxygen atoms in total. The highest BCUT2D eigenvalue weighted by Crippen LogP contribution is 2.29. The number of nitrogens with zero attached hydrogens (tertiary/aromatic N) is 3. The van der Waals surface area contributed by atoms with E-state index in [2.05, 4.69) is 4.90 Å². The average Bonchev–Trinajstić information content (AvgIpc) is 2.97. The normalized spacial score (nSPS) is 11.1. The lowest BCUT2D eigenvalue weighted by Crippen LogP contribution is -2.21. The second kappa shape index (κ2) is 8.41. The molecule has 9 heteroatoms. The van der Waals surface area contributed by atoms with Crippen LogP contribution < -0.4 is 9.47 Å². The fourth-order valence-electron chi connectivity index (χ4n) is 2.99. The van der Waals surface area contributed by atoms with Crippen LogP contribution in [0.4, 0.5) is 5.69 Å². The van der Waals surface area contributed by atoms with Crippen molar-refractivity contribution in [2.45, 2.75) is 20.1 Å². The summed E-state index contributed by atoms with van der Waals surface area (Å²) in [5.41, 5.74) is 2.14. The van der Waals surface area contributed by atoms with Gasteiger partial charge in [0.2, 0.25) is 0 Å². The Bertz CT molecular complexity index is 1060. The van der Waals surface area contributed by atoms with Crippen molar-refractivity contribution in [1.82, 2.24) is 9.47 Å². The maximum absolute atomic E-state index is 10.9. The van der Waals surface area contributed by atoms with Gasteiger partial charge >= 0.3 is 0 Å². The van der Waals surface area contributed by atoms with Crippen LogP contribution in [0.3, 0.4) is 0 Å². The number of aromatic nitrogens is 1. The highest BCUT2D eigenvalue weighted by molar-refractivity contribution is 7.71. The summed E-state index contributed by atoms with van der Waals surface area (Å²) in [5.74, 6) is 1.39. The minimum atomic E-state index is -0.458. The molecule has 3 aromatic rings. The molecule has 0 saturated carbocycles. The molecule has 0 aliphatic rings. The van der Waals surface area contributed by atoms with Crippen LogP contribution in [0.25, 0.3) is 11.1 Å². The van der Waals surface area contributed by atoms with E-state index in [-0.39, 0.29) is 10.5 Å². The molecule has 28 heavy (non-hydrogen) atoms. The molecule has 0 spiro atoms. The molecule has 3 rings (SSSR count). The van der Waals surface area contributed by atoms with Gasteiger partial charge in [-0.05, 0) is 50.0 Å². The number of non-ortho nitro benzene ring substituents is 1. The number of hydrogen-bond acceptors (Lipinski definition) is 7. The van der Waals surface area contributed by atoms with Crippen LogP contribution in [-0.2, 0) is 13.2 Å². The third-order valence-corrected chi connectivity index (χ3v) is 4.53. The van der Waals surface area contributed by atoms with Gasteiger partial charge in [0.25, 0.3) is 10.5 Å². The lowest BCUT2D eigenvalue weighted by atomic mass is 10.2. The molecule has 0 amide bonds. The SMILES string of the molecule is CCOc1ccc(CN(C)Cn2c(=S)oc3cc([N+](=O)[O-])ccc32)cc1OC. The van der Waals surface area contributed by atoms with Crippen molar-refractivity contribution in [2.24, 2.45) is 0 Å². The minimum absolute atomic E-state index is 0.0294. The Morgan fingerprint density at radius 2 is 2.04 bits per heavy atom. The van der Waals surface area contributed by atoms with Crippen LogP contribution in [0.5, 0.6) is 11.5 Å². The Kier molecular flexibility index (Phi) is 5.96. The molecule has 0 radical (unpaired) electrons. The Balaban J connectivity index is 1.80. The number of hydrogen-bond donors (Lipinski definition) is 0. The van der Waals surface area contributed by atoms with Crippen molar-refractivity contribution < 1.29 is 18.8 Å². The fourth-order valence-corrected chi connectivity index (χ4v) is 3.24. The molecule has 0 saturated heterocycles. The zero-order valence-corrected chi connectivity index (χ0v) is 16.7. The molecule has 0 bridgehead atoms. The number of ether oxygens (including phenoxy) is 2. The Morgan fingerprint density at radius 1 is 1.25 bits per heavy atom. The second-order valence-corrected chi connectivity index (χ2v) is 6.63. The first-order valence-electron chi connectivity index (χ1n) is 8.69. The Labute approximate surface area is 167 Å². The van der Waals surface area contributed by atoms with E-state index in [4.69, 9.17) is 26.1 Å². The minimum Gasteiger partial charge on any atom is -0.493 e. The van der Waals surface area contributed by atoms with Crippen LogP contribution in [0.15, 0.2) is 40.8 Å². The predicted molar refractivity (Wildman–Crippen MR) is 107 cm³/mol. The smallest absolute Gasteiger partial charge is 0.273 e. The van der Waals surface area contributed by atoms with E-state index in [1.807, 2.05) is 32.2 Å². The molecular formula is C19H21N3O5S. The number of rotatable bonds is 8. The number of methoxy groups -OCH3 is 1. The molecule has 0 aliphatic heterocycles. The van der Waals surface area contributed by atoms with Crippen LogP contribution in [0.1, 0.15) is 12.5 Å². The van der Waals surface area contributed by atoms with Crippen molar-refractivity contribution >= 4 is 29.0 Å². The molecular weight excluding hydrogens is 382 g/mol. The van der Waals surface area contributed by atoms with Gasteiger partial charge in [0.1, 0.15) is 0 Å². The lowest BCUT2D eigenvalue weighted by Gasteiger charge is -2.18. The molecule has 1 aromatic heterocycles. The van der Waals surface area contributed by atoms with Gasteiger partial charge < -0.3 is 13.9 Å². The van der Waals surface area contributed by atoms with E-state index in [1.165, 1.54) is 12.1 Å². The van der Waals surface area contributed by atoms with E-state index in [1.54, 1.807) is 17.7 Å². The topological polar surface area (TPSA) is 82.9 Å². The molecule has 148 valence electrons. The number of fused-ring (bicyclic) bond motifs is 1. The van der Waals surface area contributed by atoms with Gasteiger partial charge in [-0.2, -0.15) is 0 Å². The van der Waals surface area contributed by atoms with Gasteiger partial charge in [0.15, 0.2) is 17.1 Å². The van der Waals surface area contributed by atoms with E-state index >= 15 is 0 Å². The summed E-state index contributed by atoms with van der Waals surface area (Å²) in [7, 11) is 3.57. The quantitative estimate of drug-likeness (QED) is 0.314. The van der Waals surface area contributed by atoms with Gasteiger partial charge in [0.05, 0.1) is 36.9 Å². The van der Waals surface area contributed by atoms with Crippen LogP contribution in [0, 0.1) is 15.0 Å². The largest absolute Gasteiger partial charge is 0.493 e. The summed E-state index contributed by atoms with van der Waals surface area (Å²) < 4.78 is 18.3. The van der Waals surface area contributed by atoms with Gasteiger partial charge in [-0.3, -0.25) is 19.6 Å². The van der Waals surface area contributed by atoms with E-state index < -0.39 is 4.92 Å². The average molecular weight is 403 g/mol. The van der Waals surface area contributed by atoms with Crippen molar-refractivity contribution in [3.05, 3.63) is 56.9 Å². The number of benzene rings is 2. The molecule has 0 fully saturated rings. The number of nitro benzene ring substituents is 1. The molecule has 0 aliphatic carbocycles. The van der Waals surface area contributed by atoms with E-state index in [0.717, 1.165) is 5.56 Å². The first kappa shape index (κ1) is 19.8. The van der Waals surface area contributed by atoms with Crippen molar-refractivity contribution in [2.75, 3.05) is 20.8 Å². The van der Waals surface area contributed by atoms with Crippen molar-refractivity contribution in [3.63, 3.8) is 0 Å². The van der Waals surface area contributed by atoms with Gasteiger partial charge in [0, 0.05) is 12.6 Å². The predicted octanol–water partition coefficient (Wildman–Crippen LogP) is 4.37. The molecule has 2 aromatic carbocycles. The summed E-state index contributed by atoms with van der Waals surface area (Å²) in [4.78, 5) is 12.8. The highest BCUT2D eigenvalue weighted by Gasteiger charge is 2.14. The maximum atomic E-state index is 10.9. The van der Waals surface area contributed by atoms with Crippen LogP contribution in [0.2, 0.25) is 0 Å². The lowest BCUT2D eigenvalue weighted by molar-refractivity contribution is -0.384. The maximum Gasteiger partial charge on any atom is 0.273 e.